The number of fused-ring (bicyclic) bond motifs is 1. The molecule has 4 heteroatoms. The smallest absolute Gasteiger partial charge is 0.187 e. The zero-order valence-electron chi connectivity index (χ0n) is 15.8. The van der Waals surface area contributed by atoms with E-state index in [9.17, 15) is 0 Å². The van der Waals surface area contributed by atoms with Crippen LogP contribution in [0.2, 0.25) is 0 Å². The summed E-state index contributed by atoms with van der Waals surface area (Å²) in [5.74, 6) is 1.25. The lowest BCUT2D eigenvalue weighted by molar-refractivity contribution is 0.866. The first-order valence-corrected chi connectivity index (χ1v) is 9.18. The van der Waals surface area contributed by atoms with Gasteiger partial charge in [-0.2, -0.15) is 0 Å². The highest BCUT2D eigenvalue weighted by Crippen LogP contribution is 2.33. The molecule has 0 radical (unpaired) electrons. The van der Waals surface area contributed by atoms with Gasteiger partial charge in [-0.1, -0.05) is 62.4 Å². The summed E-state index contributed by atoms with van der Waals surface area (Å²) in [6.45, 7) is 6.43. The minimum Gasteiger partial charge on any atom is -0.282 e. The van der Waals surface area contributed by atoms with Crippen molar-refractivity contribution in [3.8, 4) is 11.3 Å². The van der Waals surface area contributed by atoms with Crippen molar-refractivity contribution in [3.05, 3.63) is 84.1 Å². The Bertz CT molecular complexity index is 1090. The van der Waals surface area contributed by atoms with Gasteiger partial charge in [-0.05, 0) is 42.2 Å². The lowest BCUT2D eigenvalue weighted by Gasteiger charge is -2.04. The van der Waals surface area contributed by atoms with Crippen LogP contribution >= 0.6 is 0 Å². The number of hydrogen-bond donors (Lipinski definition) is 0. The lowest BCUT2D eigenvalue weighted by Crippen LogP contribution is -1.86. The average Bonchev–Trinajstić information content (AvgIpc) is 3.07. The van der Waals surface area contributed by atoms with Crippen molar-refractivity contribution in [2.45, 2.75) is 26.7 Å². The van der Waals surface area contributed by atoms with E-state index in [1.165, 1.54) is 5.56 Å². The molecule has 0 aliphatic rings. The van der Waals surface area contributed by atoms with Gasteiger partial charge in [0, 0.05) is 11.8 Å². The molecule has 0 N–H and O–H groups in total. The molecule has 0 saturated heterocycles. The summed E-state index contributed by atoms with van der Waals surface area (Å²) in [4.78, 5) is 4.84. The van der Waals surface area contributed by atoms with E-state index in [1.807, 2.05) is 59.1 Å². The molecule has 0 fully saturated rings. The highest BCUT2D eigenvalue weighted by atomic mass is 15.2. The molecule has 2 aromatic heterocycles. The van der Waals surface area contributed by atoms with Gasteiger partial charge < -0.3 is 0 Å². The first-order valence-electron chi connectivity index (χ1n) is 9.18. The van der Waals surface area contributed by atoms with E-state index < -0.39 is 0 Å². The molecule has 4 nitrogen and oxygen atoms in total. The number of nitrogens with zero attached hydrogens (tertiary/aromatic N) is 4. The third-order valence-electron chi connectivity index (χ3n) is 4.69. The van der Waals surface area contributed by atoms with Crippen LogP contribution in [0.5, 0.6) is 0 Å². The zero-order chi connectivity index (χ0) is 18.8. The number of benzene rings is 2. The molecule has 0 saturated carbocycles. The number of imidazole rings is 1. The van der Waals surface area contributed by atoms with Gasteiger partial charge in [0.15, 0.2) is 5.82 Å². The molecule has 0 spiro atoms. The maximum atomic E-state index is 4.84. The van der Waals surface area contributed by atoms with Crippen LogP contribution in [0.4, 0.5) is 11.5 Å². The van der Waals surface area contributed by atoms with Gasteiger partial charge in [0.1, 0.15) is 11.3 Å². The molecule has 0 unspecified atom stereocenters. The van der Waals surface area contributed by atoms with Crippen LogP contribution in [-0.4, -0.2) is 9.38 Å². The van der Waals surface area contributed by atoms with Crippen molar-refractivity contribution in [2.75, 3.05) is 0 Å². The Morgan fingerprint density at radius 3 is 2.30 bits per heavy atom. The number of aryl methyl sites for hydroxylation is 1. The fraction of sp³-hybridized carbons (Fsp3) is 0.174. The first-order chi connectivity index (χ1) is 13.1. The quantitative estimate of drug-likeness (QED) is 0.370. The molecule has 0 amide bonds. The van der Waals surface area contributed by atoms with E-state index in [-0.39, 0.29) is 0 Å². The number of hydrogen-bond acceptors (Lipinski definition) is 3. The van der Waals surface area contributed by atoms with Crippen molar-refractivity contribution in [1.82, 2.24) is 9.38 Å². The van der Waals surface area contributed by atoms with Crippen molar-refractivity contribution in [3.63, 3.8) is 0 Å². The van der Waals surface area contributed by atoms with E-state index in [4.69, 9.17) is 4.98 Å². The van der Waals surface area contributed by atoms with E-state index in [1.54, 1.807) is 0 Å². The summed E-state index contributed by atoms with van der Waals surface area (Å²) in [6.07, 6.45) is 1.98. The summed E-state index contributed by atoms with van der Waals surface area (Å²) < 4.78 is 2.00. The molecule has 2 heterocycles. The molecule has 27 heavy (non-hydrogen) atoms. The molecule has 4 rings (SSSR count). The number of aromatic nitrogens is 2. The molecule has 0 aliphatic heterocycles. The molecule has 4 aromatic rings. The van der Waals surface area contributed by atoms with Gasteiger partial charge in [0.05, 0.1) is 5.69 Å². The van der Waals surface area contributed by atoms with Crippen molar-refractivity contribution in [1.29, 1.82) is 0 Å². The molecule has 2 aromatic carbocycles. The van der Waals surface area contributed by atoms with Crippen LogP contribution in [0.3, 0.4) is 0 Å². The third-order valence-corrected chi connectivity index (χ3v) is 4.69. The SMILES string of the molecule is Cc1cccn2c(N=Nc3ccc(C(C)C)cc3)c(-c3ccccc3)nc12. The monoisotopic (exact) mass is 354 g/mol. The molecule has 0 atom stereocenters. The second kappa shape index (κ2) is 7.16. The van der Waals surface area contributed by atoms with E-state index in [0.717, 1.165) is 34.0 Å². The Kier molecular flexibility index (Phi) is 4.55. The second-order valence-electron chi connectivity index (χ2n) is 6.98. The predicted molar refractivity (Wildman–Crippen MR) is 110 cm³/mol. The maximum absolute atomic E-state index is 4.84. The van der Waals surface area contributed by atoms with Gasteiger partial charge in [-0.3, -0.25) is 4.40 Å². The Labute approximate surface area is 159 Å². The third kappa shape index (κ3) is 3.38. The maximum Gasteiger partial charge on any atom is 0.187 e. The molecule has 0 bridgehead atoms. The van der Waals surface area contributed by atoms with E-state index >= 15 is 0 Å². The largest absolute Gasteiger partial charge is 0.282 e. The minimum atomic E-state index is 0.502. The second-order valence-corrected chi connectivity index (χ2v) is 6.98. The van der Waals surface area contributed by atoms with Crippen LogP contribution in [0.25, 0.3) is 16.9 Å². The fourth-order valence-corrected chi connectivity index (χ4v) is 3.11. The Hall–Kier alpha value is -3.27. The Morgan fingerprint density at radius 1 is 0.852 bits per heavy atom. The van der Waals surface area contributed by atoms with Gasteiger partial charge in [-0.15, -0.1) is 10.2 Å². The molecule has 0 aliphatic carbocycles. The molecule has 134 valence electrons. The van der Waals surface area contributed by atoms with Crippen LogP contribution < -0.4 is 0 Å². The van der Waals surface area contributed by atoms with Crippen LogP contribution in [0, 0.1) is 6.92 Å². The highest BCUT2D eigenvalue weighted by molar-refractivity contribution is 5.75. The average molecular weight is 354 g/mol. The minimum absolute atomic E-state index is 0.502. The van der Waals surface area contributed by atoms with Gasteiger partial charge in [-0.25, -0.2) is 4.98 Å². The molecular weight excluding hydrogens is 332 g/mol. The summed E-state index contributed by atoms with van der Waals surface area (Å²) in [6, 6.07) is 22.4. The van der Waals surface area contributed by atoms with E-state index in [2.05, 4.69) is 49.2 Å². The normalized spacial score (nSPS) is 11.7. The molecular formula is C23H22N4. The van der Waals surface area contributed by atoms with Gasteiger partial charge >= 0.3 is 0 Å². The summed E-state index contributed by atoms with van der Waals surface area (Å²) in [5.41, 5.74) is 6.01. The number of pyridine rings is 1. The predicted octanol–water partition coefficient (Wildman–Crippen LogP) is 6.85. The summed E-state index contributed by atoms with van der Waals surface area (Å²) in [5, 5.41) is 9.06. The van der Waals surface area contributed by atoms with Crippen molar-refractivity contribution < 1.29 is 0 Å². The summed E-state index contributed by atoms with van der Waals surface area (Å²) in [7, 11) is 0. The number of azo groups is 1. The number of rotatable bonds is 4. The standard InChI is InChI=1S/C23H22N4/c1-16(2)18-11-13-20(14-12-18)25-26-23-21(19-9-5-4-6-10-19)24-22-17(3)8-7-15-27(22)23/h4-16H,1-3H3. The van der Waals surface area contributed by atoms with Crippen molar-refractivity contribution in [2.24, 2.45) is 10.2 Å². The van der Waals surface area contributed by atoms with Crippen LogP contribution in [0.1, 0.15) is 30.9 Å². The van der Waals surface area contributed by atoms with Crippen molar-refractivity contribution >= 4 is 17.2 Å². The topological polar surface area (TPSA) is 42.0 Å². The van der Waals surface area contributed by atoms with Crippen LogP contribution in [0.15, 0.2) is 83.2 Å². The van der Waals surface area contributed by atoms with E-state index in [0.29, 0.717) is 5.92 Å². The lowest BCUT2D eigenvalue weighted by atomic mass is 10.0. The zero-order valence-corrected chi connectivity index (χ0v) is 15.8. The van der Waals surface area contributed by atoms with Gasteiger partial charge in [0.2, 0.25) is 0 Å². The Balaban J connectivity index is 1.81. The van der Waals surface area contributed by atoms with Gasteiger partial charge in [0.25, 0.3) is 0 Å². The first kappa shape index (κ1) is 17.2. The Morgan fingerprint density at radius 2 is 1.59 bits per heavy atom. The van der Waals surface area contributed by atoms with Crippen LogP contribution in [-0.2, 0) is 0 Å². The summed E-state index contributed by atoms with van der Waals surface area (Å²) >= 11 is 0. The fourth-order valence-electron chi connectivity index (χ4n) is 3.11. The highest BCUT2D eigenvalue weighted by Gasteiger charge is 2.15.